The van der Waals surface area contributed by atoms with Crippen LogP contribution in [0.4, 0.5) is 15.4 Å². The van der Waals surface area contributed by atoms with E-state index in [1.807, 2.05) is 17.7 Å². The van der Waals surface area contributed by atoms with E-state index in [4.69, 9.17) is 4.74 Å². The second-order valence-electron chi connectivity index (χ2n) is 7.92. The van der Waals surface area contributed by atoms with Crippen molar-refractivity contribution in [2.24, 2.45) is 0 Å². The van der Waals surface area contributed by atoms with E-state index in [-0.39, 0.29) is 12.1 Å². The topological polar surface area (TPSA) is 79.7 Å². The predicted molar refractivity (Wildman–Crippen MR) is 96.1 cm³/mol. The molecular weight excluding hydrogens is 334 g/mol. The zero-order valence-corrected chi connectivity index (χ0v) is 15.5. The number of urea groups is 1. The van der Waals surface area contributed by atoms with Crippen LogP contribution in [0.3, 0.4) is 0 Å². The second-order valence-corrected chi connectivity index (χ2v) is 7.92. The van der Waals surface area contributed by atoms with Crippen LogP contribution in [-0.4, -0.2) is 64.0 Å². The Bertz CT molecular complexity index is 712. The van der Waals surface area contributed by atoms with Crippen molar-refractivity contribution in [1.82, 2.24) is 19.6 Å². The van der Waals surface area contributed by atoms with E-state index in [1.165, 1.54) is 19.3 Å². The van der Waals surface area contributed by atoms with E-state index < -0.39 is 5.60 Å². The van der Waals surface area contributed by atoms with Gasteiger partial charge in [0.25, 0.3) is 0 Å². The van der Waals surface area contributed by atoms with Gasteiger partial charge < -0.3 is 14.5 Å². The standard InChI is InChI=1S/C18H27N5O3/c1-13-10-15(23(20-13)14-6-4-3-5-7-14)19-16(24)22-9-8-18(12-22)11-21(2)17(25)26-18/h10,14H,3-9,11-12H2,1-2H3,(H,19,24). The second kappa shape index (κ2) is 6.48. The zero-order chi connectivity index (χ0) is 18.3. The highest BCUT2D eigenvalue weighted by Gasteiger charge is 2.49. The maximum Gasteiger partial charge on any atom is 0.410 e. The van der Waals surface area contributed by atoms with E-state index in [1.54, 1.807) is 16.8 Å². The summed E-state index contributed by atoms with van der Waals surface area (Å²) >= 11 is 0. The first-order valence-electron chi connectivity index (χ1n) is 9.52. The minimum Gasteiger partial charge on any atom is -0.439 e. The number of anilines is 1. The zero-order valence-electron chi connectivity index (χ0n) is 15.5. The van der Waals surface area contributed by atoms with Crippen LogP contribution in [0.25, 0.3) is 0 Å². The number of hydrogen-bond acceptors (Lipinski definition) is 4. The number of nitrogens with one attached hydrogen (secondary N) is 1. The minimum atomic E-state index is -0.553. The van der Waals surface area contributed by atoms with Crippen LogP contribution >= 0.6 is 0 Å². The van der Waals surface area contributed by atoms with Gasteiger partial charge in [-0.25, -0.2) is 14.3 Å². The third-order valence-corrected chi connectivity index (χ3v) is 5.76. The SMILES string of the molecule is Cc1cc(NC(=O)N2CCC3(CN(C)C(=O)O3)C2)n(C2CCCCC2)n1. The monoisotopic (exact) mass is 361 g/mol. The normalized spacial score (nSPS) is 26.6. The summed E-state index contributed by atoms with van der Waals surface area (Å²) in [6.45, 7) is 3.51. The minimum absolute atomic E-state index is 0.149. The molecule has 4 rings (SSSR count). The largest absolute Gasteiger partial charge is 0.439 e. The van der Waals surface area contributed by atoms with Gasteiger partial charge in [0.15, 0.2) is 5.60 Å². The van der Waals surface area contributed by atoms with Crippen molar-refractivity contribution in [1.29, 1.82) is 0 Å². The number of carbonyl (C=O) groups is 2. The first-order valence-corrected chi connectivity index (χ1v) is 9.52. The van der Waals surface area contributed by atoms with E-state index in [0.29, 0.717) is 32.1 Å². The summed E-state index contributed by atoms with van der Waals surface area (Å²) in [4.78, 5) is 27.8. The number of amides is 3. The molecule has 3 amide bonds. The van der Waals surface area contributed by atoms with Gasteiger partial charge in [0.2, 0.25) is 0 Å². The molecule has 3 heterocycles. The van der Waals surface area contributed by atoms with Gasteiger partial charge in [-0.3, -0.25) is 5.32 Å². The summed E-state index contributed by atoms with van der Waals surface area (Å²) in [5.41, 5.74) is 0.359. The number of nitrogens with zero attached hydrogens (tertiary/aromatic N) is 4. The van der Waals surface area contributed by atoms with Gasteiger partial charge in [0.05, 0.1) is 24.8 Å². The lowest BCUT2D eigenvalue weighted by Crippen LogP contribution is -2.40. The summed E-state index contributed by atoms with van der Waals surface area (Å²) in [5, 5.41) is 7.64. The number of likely N-dealkylation sites (N-methyl/N-ethyl adjacent to an activating group) is 1. The molecule has 2 aliphatic heterocycles. The van der Waals surface area contributed by atoms with Gasteiger partial charge in [0.1, 0.15) is 5.82 Å². The van der Waals surface area contributed by atoms with Crippen molar-refractivity contribution < 1.29 is 14.3 Å². The Labute approximate surface area is 153 Å². The molecule has 0 bridgehead atoms. The smallest absolute Gasteiger partial charge is 0.410 e. The third-order valence-electron chi connectivity index (χ3n) is 5.76. The summed E-state index contributed by atoms with van der Waals surface area (Å²) in [6.07, 6.45) is 6.30. The molecule has 8 heteroatoms. The molecule has 1 aromatic heterocycles. The molecule has 0 radical (unpaired) electrons. The van der Waals surface area contributed by atoms with Crippen LogP contribution in [-0.2, 0) is 4.74 Å². The molecule has 2 saturated heterocycles. The molecule has 3 fully saturated rings. The Morgan fingerprint density at radius 2 is 2.08 bits per heavy atom. The first kappa shape index (κ1) is 17.2. The van der Waals surface area contributed by atoms with Crippen molar-refractivity contribution in [2.45, 2.75) is 57.1 Å². The fourth-order valence-corrected chi connectivity index (χ4v) is 4.43. The molecule has 8 nitrogen and oxygen atoms in total. The quantitative estimate of drug-likeness (QED) is 0.878. The average Bonchev–Trinajstić information content (AvgIpc) is 3.27. The fourth-order valence-electron chi connectivity index (χ4n) is 4.43. The van der Waals surface area contributed by atoms with Crippen LogP contribution in [0.1, 0.15) is 50.3 Å². The number of carbonyl (C=O) groups excluding carboxylic acids is 2. The number of hydrogen-bond donors (Lipinski definition) is 1. The van der Waals surface area contributed by atoms with Crippen LogP contribution in [0, 0.1) is 6.92 Å². The number of aromatic nitrogens is 2. The van der Waals surface area contributed by atoms with E-state index in [2.05, 4.69) is 10.4 Å². The molecule has 26 heavy (non-hydrogen) atoms. The van der Waals surface area contributed by atoms with Gasteiger partial charge >= 0.3 is 12.1 Å². The van der Waals surface area contributed by atoms with Gasteiger partial charge in [0, 0.05) is 26.1 Å². The molecule has 1 spiro atoms. The van der Waals surface area contributed by atoms with Gasteiger partial charge in [-0.1, -0.05) is 19.3 Å². The first-order chi connectivity index (χ1) is 12.5. The highest BCUT2D eigenvalue weighted by atomic mass is 16.6. The van der Waals surface area contributed by atoms with Crippen LogP contribution in [0.5, 0.6) is 0 Å². The van der Waals surface area contributed by atoms with Crippen molar-refractivity contribution in [3.8, 4) is 0 Å². The lowest BCUT2D eigenvalue weighted by molar-refractivity contribution is 0.0662. The van der Waals surface area contributed by atoms with Gasteiger partial charge in [-0.2, -0.15) is 5.10 Å². The van der Waals surface area contributed by atoms with E-state index in [9.17, 15) is 9.59 Å². The Morgan fingerprint density at radius 3 is 2.77 bits per heavy atom. The summed E-state index contributed by atoms with van der Waals surface area (Å²) in [5.74, 6) is 0.765. The average molecular weight is 361 g/mol. The molecule has 1 N–H and O–H groups in total. The summed E-state index contributed by atoms with van der Waals surface area (Å²) in [7, 11) is 1.73. The van der Waals surface area contributed by atoms with Crippen LogP contribution in [0.2, 0.25) is 0 Å². The molecule has 3 aliphatic rings. The van der Waals surface area contributed by atoms with Crippen molar-refractivity contribution in [3.63, 3.8) is 0 Å². The molecule has 1 saturated carbocycles. The molecule has 1 aliphatic carbocycles. The maximum atomic E-state index is 12.8. The Kier molecular flexibility index (Phi) is 4.28. The number of likely N-dealkylation sites (tertiary alicyclic amines) is 1. The fraction of sp³-hybridized carbons (Fsp3) is 0.722. The number of ether oxygens (including phenoxy) is 1. The number of rotatable bonds is 2. The Morgan fingerprint density at radius 1 is 1.31 bits per heavy atom. The van der Waals surface area contributed by atoms with Gasteiger partial charge in [-0.15, -0.1) is 0 Å². The number of aryl methyl sites for hydroxylation is 1. The van der Waals surface area contributed by atoms with Crippen LogP contribution in [0.15, 0.2) is 6.07 Å². The summed E-state index contributed by atoms with van der Waals surface area (Å²) < 4.78 is 7.51. The molecule has 1 atom stereocenters. The maximum absolute atomic E-state index is 12.8. The van der Waals surface area contributed by atoms with Crippen molar-refractivity contribution in [2.75, 3.05) is 32.0 Å². The molecule has 0 aromatic carbocycles. The van der Waals surface area contributed by atoms with E-state index in [0.717, 1.165) is 24.4 Å². The third kappa shape index (κ3) is 3.12. The van der Waals surface area contributed by atoms with Gasteiger partial charge in [-0.05, 0) is 19.8 Å². The molecular formula is C18H27N5O3. The Hall–Kier alpha value is -2.25. The predicted octanol–water partition coefficient (Wildman–Crippen LogP) is 2.76. The lowest BCUT2D eigenvalue weighted by atomic mass is 9.96. The van der Waals surface area contributed by atoms with Crippen molar-refractivity contribution >= 4 is 17.9 Å². The molecule has 1 unspecified atom stereocenters. The molecule has 1 aromatic rings. The van der Waals surface area contributed by atoms with E-state index >= 15 is 0 Å². The van der Waals surface area contributed by atoms with Crippen molar-refractivity contribution in [3.05, 3.63) is 11.8 Å². The Balaban J connectivity index is 1.43. The molecule has 142 valence electrons. The van der Waals surface area contributed by atoms with Crippen LogP contribution < -0.4 is 5.32 Å². The highest BCUT2D eigenvalue weighted by molar-refractivity contribution is 5.89. The lowest BCUT2D eigenvalue weighted by Gasteiger charge is -2.25. The highest BCUT2D eigenvalue weighted by Crippen LogP contribution is 2.33. The summed E-state index contributed by atoms with van der Waals surface area (Å²) in [6, 6.07) is 2.15.